The molecular formula is C13H19NO2. The van der Waals surface area contributed by atoms with E-state index >= 15 is 0 Å². The fraction of sp³-hybridized carbons (Fsp3) is 0.462. The highest BCUT2D eigenvalue weighted by Gasteiger charge is 2.13. The van der Waals surface area contributed by atoms with Crippen LogP contribution in [-0.4, -0.2) is 26.2 Å². The minimum Gasteiger partial charge on any atom is -0.375 e. The Morgan fingerprint density at radius 3 is 2.25 bits per heavy atom. The lowest BCUT2D eigenvalue weighted by atomic mass is 10.1. The number of hydrogen-bond donors (Lipinski definition) is 0. The molecule has 1 rings (SSSR count). The minimum atomic E-state index is -0.00463. The van der Waals surface area contributed by atoms with Gasteiger partial charge in [0.15, 0.2) is 0 Å². The van der Waals surface area contributed by atoms with E-state index in [4.69, 9.17) is 4.74 Å². The summed E-state index contributed by atoms with van der Waals surface area (Å²) in [5.74, 6) is -0.00463. The molecular weight excluding hydrogens is 202 g/mol. The molecule has 0 aliphatic heterocycles. The number of hydrogen-bond acceptors (Lipinski definition) is 2. The van der Waals surface area contributed by atoms with Crippen molar-refractivity contribution in [1.82, 2.24) is 0 Å². The second-order valence-corrected chi connectivity index (χ2v) is 3.92. The van der Waals surface area contributed by atoms with E-state index in [1.54, 1.807) is 4.90 Å². The lowest BCUT2D eigenvalue weighted by Gasteiger charge is -2.21. The standard InChI is InChI=1S/C13H19NO2/c1-5-14(13(15)9-16-4)12-7-10(2)6-11(3)8-12/h6-8H,5,9H2,1-4H3. The highest BCUT2D eigenvalue weighted by molar-refractivity contribution is 5.94. The summed E-state index contributed by atoms with van der Waals surface area (Å²) >= 11 is 0. The maximum absolute atomic E-state index is 11.8. The molecule has 0 radical (unpaired) electrons. The quantitative estimate of drug-likeness (QED) is 0.780. The van der Waals surface area contributed by atoms with Crippen LogP contribution >= 0.6 is 0 Å². The molecule has 0 aromatic heterocycles. The van der Waals surface area contributed by atoms with E-state index in [1.807, 2.05) is 32.9 Å². The summed E-state index contributed by atoms with van der Waals surface area (Å²) in [7, 11) is 1.53. The number of likely N-dealkylation sites (N-methyl/N-ethyl adjacent to an activating group) is 1. The van der Waals surface area contributed by atoms with Crippen molar-refractivity contribution in [3.05, 3.63) is 29.3 Å². The van der Waals surface area contributed by atoms with Gasteiger partial charge in [-0.05, 0) is 44.0 Å². The van der Waals surface area contributed by atoms with E-state index in [-0.39, 0.29) is 12.5 Å². The van der Waals surface area contributed by atoms with Gasteiger partial charge in [0.05, 0.1) is 0 Å². The number of carbonyl (C=O) groups excluding carboxylic acids is 1. The van der Waals surface area contributed by atoms with Crippen molar-refractivity contribution in [3.8, 4) is 0 Å². The molecule has 0 N–H and O–H groups in total. The van der Waals surface area contributed by atoms with Gasteiger partial charge >= 0.3 is 0 Å². The van der Waals surface area contributed by atoms with Crippen LogP contribution in [0.3, 0.4) is 0 Å². The lowest BCUT2D eigenvalue weighted by molar-refractivity contribution is -0.122. The number of methoxy groups -OCH3 is 1. The Kier molecular flexibility index (Phi) is 4.50. The van der Waals surface area contributed by atoms with Crippen LogP contribution in [0.4, 0.5) is 5.69 Å². The van der Waals surface area contributed by atoms with Crippen LogP contribution in [0.1, 0.15) is 18.1 Å². The van der Waals surface area contributed by atoms with Gasteiger partial charge in [0.2, 0.25) is 0 Å². The average Bonchev–Trinajstić information content (AvgIpc) is 2.17. The van der Waals surface area contributed by atoms with Crippen LogP contribution in [0.5, 0.6) is 0 Å². The Bertz CT molecular complexity index is 354. The number of benzene rings is 1. The van der Waals surface area contributed by atoms with Gasteiger partial charge in [-0.1, -0.05) is 6.07 Å². The number of amides is 1. The van der Waals surface area contributed by atoms with Crippen LogP contribution in [0.15, 0.2) is 18.2 Å². The Hall–Kier alpha value is -1.35. The van der Waals surface area contributed by atoms with Crippen molar-refractivity contribution in [2.45, 2.75) is 20.8 Å². The van der Waals surface area contributed by atoms with Gasteiger partial charge in [0, 0.05) is 19.3 Å². The Morgan fingerprint density at radius 2 is 1.81 bits per heavy atom. The van der Waals surface area contributed by atoms with E-state index in [0.29, 0.717) is 6.54 Å². The van der Waals surface area contributed by atoms with Gasteiger partial charge < -0.3 is 9.64 Å². The molecule has 3 nitrogen and oxygen atoms in total. The molecule has 3 heteroatoms. The first-order valence-corrected chi connectivity index (χ1v) is 5.46. The highest BCUT2D eigenvalue weighted by atomic mass is 16.5. The molecule has 88 valence electrons. The second-order valence-electron chi connectivity index (χ2n) is 3.92. The van der Waals surface area contributed by atoms with Gasteiger partial charge in [-0.3, -0.25) is 4.79 Å². The van der Waals surface area contributed by atoms with Gasteiger partial charge in [0.25, 0.3) is 5.91 Å². The summed E-state index contributed by atoms with van der Waals surface area (Å²) in [5.41, 5.74) is 3.28. The summed E-state index contributed by atoms with van der Waals surface area (Å²) in [6, 6.07) is 6.13. The molecule has 0 aliphatic rings. The summed E-state index contributed by atoms with van der Waals surface area (Å²) in [5, 5.41) is 0. The SMILES string of the molecule is CCN(C(=O)COC)c1cc(C)cc(C)c1. The van der Waals surface area contributed by atoms with Crippen molar-refractivity contribution in [2.75, 3.05) is 25.2 Å². The third-order valence-corrected chi connectivity index (χ3v) is 2.40. The van der Waals surface area contributed by atoms with E-state index in [2.05, 4.69) is 6.07 Å². The molecule has 1 aromatic carbocycles. The number of nitrogens with zero attached hydrogens (tertiary/aromatic N) is 1. The molecule has 0 aliphatic carbocycles. The topological polar surface area (TPSA) is 29.5 Å². The van der Waals surface area contributed by atoms with Gasteiger partial charge in [-0.2, -0.15) is 0 Å². The fourth-order valence-corrected chi connectivity index (χ4v) is 1.81. The molecule has 1 amide bonds. The molecule has 0 fully saturated rings. The van der Waals surface area contributed by atoms with Crippen LogP contribution in [0, 0.1) is 13.8 Å². The molecule has 0 saturated heterocycles. The first kappa shape index (κ1) is 12.7. The summed E-state index contributed by atoms with van der Waals surface area (Å²) < 4.78 is 4.88. The van der Waals surface area contributed by atoms with Crippen molar-refractivity contribution in [3.63, 3.8) is 0 Å². The smallest absolute Gasteiger partial charge is 0.252 e. The monoisotopic (exact) mass is 221 g/mol. The number of carbonyl (C=O) groups is 1. The maximum Gasteiger partial charge on any atom is 0.252 e. The maximum atomic E-state index is 11.8. The van der Waals surface area contributed by atoms with Crippen LogP contribution in [0.25, 0.3) is 0 Å². The molecule has 0 saturated carbocycles. The number of ether oxygens (including phenoxy) is 1. The van der Waals surface area contributed by atoms with Crippen molar-refractivity contribution in [1.29, 1.82) is 0 Å². The van der Waals surface area contributed by atoms with E-state index in [0.717, 1.165) is 5.69 Å². The van der Waals surface area contributed by atoms with E-state index in [1.165, 1.54) is 18.2 Å². The zero-order chi connectivity index (χ0) is 12.1. The largest absolute Gasteiger partial charge is 0.375 e. The lowest BCUT2D eigenvalue weighted by Crippen LogP contribution is -2.33. The van der Waals surface area contributed by atoms with Gasteiger partial charge in [-0.25, -0.2) is 0 Å². The number of aryl methyl sites for hydroxylation is 2. The zero-order valence-corrected chi connectivity index (χ0v) is 10.4. The second kappa shape index (κ2) is 5.66. The Morgan fingerprint density at radius 1 is 1.25 bits per heavy atom. The zero-order valence-electron chi connectivity index (χ0n) is 10.4. The first-order chi connectivity index (χ1) is 7.58. The summed E-state index contributed by atoms with van der Waals surface area (Å²) in [6.07, 6.45) is 0. The Labute approximate surface area is 97.0 Å². The predicted octanol–water partition coefficient (Wildman–Crippen LogP) is 2.30. The normalized spacial score (nSPS) is 10.2. The van der Waals surface area contributed by atoms with Crippen molar-refractivity contribution >= 4 is 11.6 Å². The molecule has 0 spiro atoms. The van der Waals surface area contributed by atoms with Gasteiger partial charge in [-0.15, -0.1) is 0 Å². The Balaban J connectivity index is 2.98. The van der Waals surface area contributed by atoms with Crippen LogP contribution < -0.4 is 4.90 Å². The molecule has 0 heterocycles. The van der Waals surface area contributed by atoms with Crippen LogP contribution in [-0.2, 0) is 9.53 Å². The van der Waals surface area contributed by atoms with E-state index < -0.39 is 0 Å². The molecule has 16 heavy (non-hydrogen) atoms. The summed E-state index contributed by atoms with van der Waals surface area (Å²) in [6.45, 7) is 6.81. The first-order valence-electron chi connectivity index (χ1n) is 5.46. The highest BCUT2D eigenvalue weighted by Crippen LogP contribution is 2.18. The molecule has 0 unspecified atom stereocenters. The van der Waals surface area contributed by atoms with E-state index in [9.17, 15) is 4.79 Å². The van der Waals surface area contributed by atoms with Crippen LogP contribution in [0.2, 0.25) is 0 Å². The molecule has 0 atom stereocenters. The minimum absolute atomic E-state index is 0.00463. The molecule has 0 bridgehead atoms. The average molecular weight is 221 g/mol. The van der Waals surface area contributed by atoms with Gasteiger partial charge in [0.1, 0.15) is 6.61 Å². The van der Waals surface area contributed by atoms with Crippen molar-refractivity contribution < 1.29 is 9.53 Å². The predicted molar refractivity (Wildman–Crippen MR) is 65.8 cm³/mol. The van der Waals surface area contributed by atoms with Crippen molar-refractivity contribution in [2.24, 2.45) is 0 Å². The fourth-order valence-electron chi connectivity index (χ4n) is 1.81. The number of anilines is 1. The third kappa shape index (κ3) is 3.07. The summed E-state index contributed by atoms with van der Waals surface area (Å²) in [4.78, 5) is 13.5. The number of rotatable bonds is 4. The molecule has 1 aromatic rings. The third-order valence-electron chi connectivity index (χ3n) is 2.40.